The number of esters is 1. The predicted molar refractivity (Wildman–Crippen MR) is 49.9 cm³/mol. The third kappa shape index (κ3) is 2.77. The van der Waals surface area contributed by atoms with Crippen molar-refractivity contribution in [3.8, 4) is 0 Å². The molecule has 0 radical (unpaired) electrons. The second-order valence-electron chi connectivity index (χ2n) is 2.51. The van der Waals surface area contributed by atoms with E-state index in [1.807, 2.05) is 0 Å². The predicted octanol–water partition coefficient (Wildman–Crippen LogP) is 0.642. The normalized spacial score (nSPS) is 24.6. The zero-order chi connectivity index (χ0) is 9.84. The van der Waals surface area contributed by atoms with Crippen LogP contribution in [0.1, 0.15) is 13.8 Å². The van der Waals surface area contributed by atoms with Crippen molar-refractivity contribution >= 4 is 23.6 Å². The van der Waals surface area contributed by atoms with Gasteiger partial charge in [0.15, 0.2) is 0 Å². The molecule has 1 rings (SSSR count). The van der Waals surface area contributed by atoms with Crippen LogP contribution in [0.5, 0.6) is 0 Å². The van der Waals surface area contributed by atoms with Gasteiger partial charge in [0, 0.05) is 0 Å². The highest BCUT2D eigenvalue weighted by Crippen LogP contribution is 2.25. The molecule has 1 aliphatic rings. The van der Waals surface area contributed by atoms with Crippen molar-refractivity contribution in [2.24, 2.45) is 0 Å². The zero-order valence-corrected chi connectivity index (χ0v) is 8.31. The Balaban J connectivity index is 2.54. The van der Waals surface area contributed by atoms with E-state index in [-0.39, 0.29) is 11.2 Å². The molecule has 0 unspecified atom stereocenters. The molecule has 0 aliphatic carbocycles. The fourth-order valence-corrected chi connectivity index (χ4v) is 1.73. The first-order chi connectivity index (χ1) is 6.13. The Morgan fingerprint density at radius 1 is 1.77 bits per heavy atom. The molecule has 72 valence electrons. The number of thioether (sulfide) groups is 1. The van der Waals surface area contributed by atoms with E-state index in [0.717, 1.165) is 0 Å². The summed E-state index contributed by atoms with van der Waals surface area (Å²) in [5, 5.41) is 3.02. The Morgan fingerprint density at radius 3 is 2.92 bits per heavy atom. The fraction of sp³-hybridized carbons (Fsp3) is 0.500. The van der Waals surface area contributed by atoms with Gasteiger partial charge in [-0.3, -0.25) is 4.79 Å². The van der Waals surface area contributed by atoms with Crippen molar-refractivity contribution in [1.82, 2.24) is 5.32 Å². The first-order valence-electron chi connectivity index (χ1n) is 3.99. The molecule has 5 heteroatoms. The van der Waals surface area contributed by atoms with Gasteiger partial charge < -0.3 is 10.1 Å². The molecule has 0 aromatic heterocycles. The number of ether oxygens (including phenoxy) is 1. The van der Waals surface area contributed by atoms with Gasteiger partial charge in [0.1, 0.15) is 0 Å². The summed E-state index contributed by atoms with van der Waals surface area (Å²) in [6.07, 6.45) is 1.30. The molecule has 0 bridgehead atoms. The molecule has 1 heterocycles. The minimum atomic E-state index is -0.417. The summed E-state index contributed by atoms with van der Waals surface area (Å²) < 4.78 is 4.69. The quantitative estimate of drug-likeness (QED) is 0.526. The Bertz CT molecular complexity index is 262. The molecule has 1 saturated heterocycles. The van der Waals surface area contributed by atoms with Crippen molar-refractivity contribution in [2.75, 3.05) is 6.61 Å². The fourth-order valence-electron chi connectivity index (χ4n) is 0.858. The van der Waals surface area contributed by atoms with Gasteiger partial charge in [-0.25, -0.2) is 4.79 Å². The average Bonchev–Trinajstić information content (AvgIpc) is 2.31. The Kier molecular flexibility index (Phi) is 3.36. The van der Waals surface area contributed by atoms with Gasteiger partial charge in [-0.2, -0.15) is 0 Å². The lowest BCUT2D eigenvalue weighted by Crippen LogP contribution is -2.19. The molecule has 1 fully saturated rings. The number of rotatable bonds is 2. The molecule has 0 saturated carbocycles. The third-order valence-electron chi connectivity index (χ3n) is 1.45. The summed E-state index contributed by atoms with van der Waals surface area (Å²) in [4.78, 5) is 21.9. The number of carbonyl (C=O) groups excluding carboxylic acids is 2. The van der Waals surface area contributed by atoms with Gasteiger partial charge in [0.2, 0.25) is 5.91 Å². The van der Waals surface area contributed by atoms with Gasteiger partial charge in [0.25, 0.3) is 0 Å². The molecule has 1 amide bonds. The summed E-state index contributed by atoms with van der Waals surface area (Å²) in [6.45, 7) is 3.86. The Morgan fingerprint density at radius 2 is 2.46 bits per heavy atom. The third-order valence-corrected chi connectivity index (χ3v) is 2.50. The standard InChI is InChI=1S/C8H11NO3S/c1-3-12-7(10)4-6-9-8(11)5(2)13-6/h4-5H,3H2,1-2H3,(H,9,11)/b6-4-/t5-/m1/s1. The van der Waals surface area contributed by atoms with Crippen molar-refractivity contribution < 1.29 is 14.3 Å². The van der Waals surface area contributed by atoms with E-state index in [4.69, 9.17) is 4.74 Å². The monoisotopic (exact) mass is 201 g/mol. The molecule has 0 aromatic rings. The topological polar surface area (TPSA) is 55.4 Å². The lowest BCUT2D eigenvalue weighted by molar-refractivity contribution is -0.137. The molecule has 0 spiro atoms. The molecular formula is C8H11NO3S. The summed E-state index contributed by atoms with van der Waals surface area (Å²) >= 11 is 1.33. The van der Waals surface area contributed by atoms with E-state index in [9.17, 15) is 9.59 Å². The van der Waals surface area contributed by atoms with Crippen LogP contribution < -0.4 is 5.32 Å². The van der Waals surface area contributed by atoms with E-state index >= 15 is 0 Å². The summed E-state index contributed by atoms with van der Waals surface area (Å²) in [5.74, 6) is -0.486. The van der Waals surface area contributed by atoms with Crippen molar-refractivity contribution in [3.63, 3.8) is 0 Å². The van der Waals surface area contributed by atoms with E-state index < -0.39 is 5.97 Å². The maximum absolute atomic E-state index is 11.0. The molecular weight excluding hydrogens is 190 g/mol. The van der Waals surface area contributed by atoms with E-state index in [2.05, 4.69) is 5.32 Å². The maximum atomic E-state index is 11.0. The van der Waals surface area contributed by atoms with Crippen molar-refractivity contribution in [3.05, 3.63) is 11.1 Å². The van der Waals surface area contributed by atoms with E-state index in [1.165, 1.54) is 17.8 Å². The van der Waals surface area contributed by atoms with Gasteiger partial charge in [0.05, 0.1) is 23.0 Å². The van der Waals surface area contributed by atoms with Crippen LogP contribution in [0.2, 0.25) is 0 Å². The SMILES string of the molecule is CCOC(=O)/C=C1/NC(=O)[C@@H](C)S1. The molecule has 1 N–H and O–H groups in total. The summed E-state index contributed by atoms with van der Waals surface area (Å²) in [7, 11) is 0. The highest BCUT2D eigenvalue weighted by molar-refractivity contribution is 8.04. The highest BCUT2D eigenvalue weighted by atomic mass is 32.2. The van der Waals surface area contributed by atoms with Gasteiger partial charge in [-0.1, -0.05) is 11.8 Å². The number of hydrogen-bond acceptors (Lipinski definition) is 4. The number of nitrogens with one attached hydrogen (secondary N) is 1. The highest BCUT2D eigenvalue weighted by Gasteiger charge is 2.24. The molecule has 0 aromatic carbocycles. The lowest BCUT2D eigenvalue weighted by atomic mass is 10.4. The van der Waals surface area contributed by atoms with Gasteiger partial charge in [-0.15, -0.1) is 0 Å². The van der Waals surface area contributed by atoms with Gasteiger partial charge >= 0.3 is 5.97 Å². The molecule has 13 heavy (non-hydrogen) atoms. The smallest absolute Gasteiger partial charge is 0.333 e. The molecule has 1 atom stereocenters. The van der Waals surface area contributed by atoms with Crippen LogP contribution in [-0.2, 0) is 14.3 Å². The van der Waals surface area contributed by atoms with Crippen LogP contribution in [0.3, 0.4) is 0 Å². The van der Waals surface area contributed by atoms with Gasteiger partial charge in [-0.05, 0) is 13.8 Å². The Hall–Kier alpha value is -0.970. The van der Waals surface area contributed by atoms with Crippen LogP contribution in [0.15, 0.2) is 11.1 Å². The maximum Gasteiger partial charge on any atom is 0.333 e. The molecule has 1 aliphatic heterocycles. The van der Waals surface area contributed by atoms with Crippen molar-refractivity contribution in [2.45, 2.75) is 19.1 Å². The number of amides is 1. The second kappa shape index (κ2) is 4.32. The van der Waals surface area contributed by atoms with Crippen LogP contribution in [-0.4, -0.2) is 23.7 Å². The van der Waals surface area contributed by atoms with Crippen LogP contribution in [0.25, 0.3) is 0 Å². The molecule has 4 nitrogen and oxygen atoms in total. The second-order valence-corrected chi connectivity index (χ2v) is 3.89. The van der Waals surface area contributed by atoms with Crippen LogP contribution in [0.4, 0.5) is 0 Å². The van der Waals surface area contributed by atoms with Crippen LogP contribution >= 0.6 is 11.8 Å². The van der Waals surface area contributed by atoms with Crippen LogP contribution in [0, 0.1) is 0 Å². The lowest BCUT2D eigenvalue weighted by Gasteiger charge is -1.97. The van der Waals surface area contributed by atoms with E-state index in [0.29, 0.717) is 11.6 Å². The number of hydrogen-bond donors (Lipinski definition) is 1. The number of carbonyl (C=O) groups is 2. The summed E-state index contributed by atoms with van der Waals surface area (Å²) in [6, 6.07) is 0. The first-order valence-corrected chi connectivity index (χ1v) is 4.87. The average molecular weight is 201 g/mol. The minimum Gasteiger partial charge on any atom is -0.463 e. The van der Waals surface area contributed by atoms with Crippen molar-refractivity contribution in [1.29, 1.82) is 0 Å². The zero-order valence-electron chi connectivity index (χ0n) is 7.49. The summed E-state index contributed by atoms with van der Waals surface area (Å²) in [5.41, 5.74) is 0. The Labute approximate surface area is 80.7 Å². The first kappa shape index (κ1) is 10.1. The minimum absolute atomic E-state index is 0.0689. The largest absolute Gasteiger partial charge is 0.463 e. The van der Waals surface area contributed by atoms with E-state index in [1.54, 1.807) is 13.8 Å².